The minimum absolute atomic E-state index is 0.101. The predicted octanol–water partition coefficient (Wildman–Crippen LogP) is 12.5. The highest BCUT2D eigenvalue weighted by Crippen LogP contribution is 2.43. The number of hydrogen-bond donors (Lipinski definition) is 0. The second-order valence-electron chi connectivity index (χ2n) is 12.7. The highest BCUT2D eigenvalue weighted by molar-refractivity contribution is 6.36. The Morgan fingerprint density at radius 3 is 1.65 bits per heavy atom. The Hall–Kier alpha value is -6.37. The van der Waals surface area contributed by atoms with Crippen LogP contribution in [0, 0.1) is 0 Å². The van der Waals surface area contributed by atoms with Crippen LogP contribution in [0.25, 0.3) is 49.7 Å². The van der Waals surface area contributed by atoms with Crippen LogP contribution in [0.2, 0.25) is 0 Å². The molecule has 4 nitrogen and oxygen atoms in total. The maximum atomic E-state index is 14.4. The Morgan fingerprint density at radius 2 is 1.00 bits per heavy atom. The molecule has 1 aromatic heterocycles. The molecule has 1 aliphatic rings. The Morgan fingerprint density at radius 1 is 0.455 bits per heavy atom. The van der Waals surface area contributed by atoms with Crippen LogP contribution < -0.4 is 4.90 Å². The van der Waals surface area contributed by atoms with Gasteiger partial charge in [0.15, 0.2) is 0 Å². The first-order chi connectivity index (χ1) is 25.9. The van der Waals surface area contributed by atoms with Gasteiger partial charge in [0.2, 0.25) is 0 Å². The van der Waals surface area contributed by atoms with Crippen molar-refractivity contribution in [2.24, 2.45) is 0 Å². The summed E-state index contributed by atoms with van der Waals surface area (Å²) in [6.45, 7) is 0.188. The average molecular weight is 761 g/mol. The molecule has 2 amide bonds. The van der Waals surface area contributed by atoms with Crippen molar-refractivity contribution >= 4 is 39.3 Å². The number of carbonyl (C=O) groups is 2. The topological polar surface area (TPSA) is 42.3 Å². The van der Waals surface area contributed by atoms with Crippen molar-refractivity contribution in [2.45, 2.75) is 25.5 Å². The van der Waals surface area contributed by atoms with Crippen LogP contribution in [0.3, 0.4) is 0 Å². The van der Waals surface area contributed by atoms with Gasteiger partial charge in [-0.25, -0.2) is 4.90 Å². The molecule has 278 valence electrons. The van der Waals surface area contributed by atoms with Gasteiger partial charge in [0, 0.05) is 23.3 Å². The number of fused-ring (bicyclic) bond motifs is 4. The van der Waals surface area contributed by atoms with E-state index in [1.807, 2.05) is 42.5 Å². The third-order valence-electron chi connectivity index (χ3n) is 8.96. The molecule has 13 heteroatoms. The van der Waals surface area contributed by atoms with E-state index < -0.39 is 41.5 Å². The van der Waals surface area contributed by atoms with Crippen LogP contribution in [-0.4, -0.2) is 22.6 Å². The zero-order chi connectivity index (χ0) is 39.4. The molecule has 0 fully saturated rings. The monoisotopic (exact) mass is 760 g/mol. The Labute approximate surface area is 306 Å². The largest absolute Gasteiger partial charge is 0.416 e. The van der Waals surface area contributed by atoms with E-state index in [9.17, 15) is 49.1 Å². The standard InChI is InChI=1S/C40H22F6N2O2.C2H3F3/c41-39(42,43)26-19-25(20-27(22-26)40(44,45)46)24-17-18-34-31(21-24)29-12-5-7-15-33(29)47(34)35-16-8-13-30-36(35)38(50)48(37(30)49)32-14-6-4-11-28(32)23-9-2-1-3-10-23;1-2(3,4)5/h1-22H;1H3. The molecule has 0 bridgehead atoms. The zero-order valence-corrected chi connectivity index (χ0v) is 28.3. The maximum absolute atomic E-state index is 14.4. The Kier molecular flexibility index (Phi) is 9.06. The van der Waals surface area contributed by atoms with Gasteiger partial charge in [-0.2, -0.15) is 39.5 Å². The van der Waals surface area contributed by atoms with Crippen LogP contribution in [0.1, 0.15) is 38.8 Å². The van der Waals surface area contributed by atoms with E-state index in [1.54, 1.807) is 71.3 Å². The highest BCUT2D eigenvalue weighted by Gasteiger charge is 2.41. The van der Waals surface area contributed by atoms with E-state index in [2.05, 4.69) is 0 Å². The molecule has 0 N–H and O–H groups in total. The van der Waals surface area contributed by atoms with Gasteiger partial charge in [-0.15, -0.1) is 0 Å². The van der Waals surface area contributed by atoms with Crippen molar-refractivity contribution < 1.29 is 49.1 Å². The second-order valence-corrected chi connectivity index (χ2v) is 12.7. The highest BCUT2D eigenvalue weighted by atomic mass is 19.4. The quantitative estimate of drug-likeness (QED) is 0.132. The molecular weight excluding hydrogens is 735 g/mol. The lowest BCUT2D eigenvalue weighted by Crippen LogP contribution is -2.30. The van der Waals surface area contributed by atoms with Gasteiger partial charge in [0.05, 0.1) is 44.7 Å². The summed E-state index contributed by atoms with van der Waals surface area (Å²) in [6, 6.07) is 34.7. The predicted molar refractivity (Wildman–Crippen MR) is 191 cm³/mol. The molecule has 2 heterocycles. The molecule has 0 saturated heterocycles. The van der Waals surface area contributed by atoms with Crippen molar-refractivity contribution in [3.05, 3.63) is 156 Å². The normalized spacial score (nSPS) is 13.3. The van der Waals surface area contributed by atoms with Gasteiger partial charge < -0.3 is 4.57 Å². The molecule has 7 aromatic rings. The van der Waals surface area contributed by atoms with E-state index in [1.165, 1.54) is 6.07 Å². The maximum Gasteiger partial charge on any atom is 0.416 e. The summed E-state index contributed by atoms with van der Waals surface area (Å²) < 4.78 is 115. The Bertz CT molecular complexity index is 2580. The molecule has 0 radical (unpaired) electrons. The van der Waals surface area contributed by atoms with Gasteiger partial charge >= 0.3 is 18.5 Å². The number of amides is 2. The first kappa shape index (κ1) is 37.0. The molecule has 8 rings (SSSR count). The number of nitrogens with zero attached hydrogens (tertiary/aromatic N) is 2. The summed E-state index contributed by atoms with van der Waals surface area (Å²) in [4.78, 5) is 29.5. The van der Waals surface area contributed by atoms with Gasteiger partial charge in [0.1, 0.15) is 0 Å². The Balaban J connectivity index is 0.000000875. The smallest absolute Gasteiger partial charge is 0.308 e. The summed E-state index contributed by atoms with van der Waals surface area (Å²) in [5.74, 6) is -1.03. The number of benzene rings is 6. The van der Waals surface area contributed by atoms with E-state index >= 15 is 0 Å². The number of imide groups is 1. The third-order valence-corrected chi connectivity index (χ3v) is 8.96. The number of halogens is 9. The molecule has 0 spiro atoms. The zero-order valence-electron chi connectivity index (χ0n) is 28.3. The number of aromatic nitrogens is 1. The number of anilines is 1. The summed E-state index contributed by atoms with van der Waals surface area (Å²) in [6.07, 6.45) is -14.0. The number of hydrogen-bond acceptors (Lipinski definition) is 2. The van der Waals surface area contributed by atoms with E-state index in [4.69, 9.17) is 0 Å². The molecule has 0 saturated carbocycles. The minimum Gasteiger partial charge on any atom is -0.308 e. The van der Waals surface area contributed by atoms with Crippen molar-refractivity contribution in [3.63, 3.8) is 0 Å². The molecule has 6 aromatic carbocycles. The summed E-state index contributed by atoms with van der Waals surface area (Å²) >= 11 is 0. The van der Waals surface area contributed by atoms with Gasteiger partial charge in [-0.05, 0) is 71.3 Å². The molecule has 0 unspecified atom stereocenters. The van der Waals surface area contributed by atoms with Crippen LogP contribution in [0.4, 0.5) is 45.2 Å². The van der Waals surface area contributed by atoms with Crippen LogP contribution in [-0.2, 0) is 12.4 Å². The van der Waals surface area contributed by atoms with Gasteiger partial charge in [-0.1, -0.05) is 78.9 Å². The number of para-hydroxylation sites is 2. The van der Waals surface area contributed by atoms with Crippen molar-refractivity contribution in [2.75, 3.05) is 4.90 Å². The lowest BCUT2D eigenvalue weighted by molar-refractivity contribution is -0.143. The van der Waals surface area contributed by atoms with Gasteiger partial charge in [0.25, 0.3) is 11.8 Å². The second kappa shape index (κ2) is 13.5. The number of alkyl halides is 9. The fourth-order valence-electron chi connectivity index (χ4n) is 6.74. The molecule has 0 aliphatic carbocycles. The SMILES string of the molecule is CC(F)(F)F.O=C1c2cccc(-n3c4ccccc4c4cc(-c5cc(C(F)(F)F)cc(C(F)(F)F)c5)ccc43)c2C(=O)N1c1ccccc1-c1ccccc1. The average Bonchev–Trinajstić information content (AvgIpc) is 3.60. The van der Waals surface area contributed by atoms with Crippen LogP contribution in [0.5, 0.6) is 0 Å². The van der Waals surface area contributed by atoms with Crippen molar-refractivity contribution in [3.8, 4) is 27.9 Å². The fourth-order valence-corrected chi connectivity index (χ4v) is 6.74. The van der Waals surface area contributed by atoms with Crippen molar-refractivity contribution in [1.82, 2.24) is 4.57 Å². The summed E-state index contributed by atoms with van der Waals surface area (Å²) in [7, 11) is 0. The van der Waals surface area contributed by atoms with Crippen LogP contribution >= 0.6 is 0 Å². The first-order valence-electron chi connectivity index (χ1n) is 16.5. The van der Waals surface area contributed by atoms with E-state index in [-0.39, 0.29) is 35.2 Å². The minimum atomic E-state index is -5.00. The fraction of sp³-hybridized carbons (Fsp3) is 0.0952. The molecule has 1 aliphatic heterocycles. The van der Waals surface area contributed by atoms with E-state index in [0.717, 1.165) is 10.5 Å². The molecular formula is C42H25F9N2O2. The van der Waals surface area contributed by atoms with Crippen molar-refractivity contribution in [1.29, 1.82) is 0 Å². The lowest BCUT2D eigenvalue weighted by Gasteiger charge is -2.18. The third kappa shape index (κ3) is 7.05. The molecule has 0 atom stereocenters. The van der Waals surface area contributed by atoms with Crippen LogP contribution in [0.15, 0.2) is 133 Å². The summed E-state index contributed by atoms with van der Waals surface area (Å²) in [5.41, 5.74) is 0.924. The lowest BCUT2D eigenvalue weighted by atomic mass is 9.97. The number of rotatable bonds is 4. The number of carbonyl (C=O) groups excluding carboxylic acids is 2. The molecule has 55 heavy (non-hydrogen) atoms. The van der Waals surface area contributed by atoms with Gasteiger partial charge in [-0.3, -0.25) is 9.59 Å². The van der Waals surface area contributed by atoms with E-state index in [0.29, 0.717) is 50.9 Å². The summed E-state index contributed by atoms with van der Waals surface area (Å²) in [5, 5.41) is 1.18. The first-order valence-corrected chi connectivity index (χ1v) is 16.5.